The summed E-state index contributed by atoms with van der Waals surface area (Å²) in [5.41, 5.74) is 8.14. The molecule has 1 rings (SSSR count). The zero-order chi connectivity index (χ0) is 7.40. The molecule has 56 valence electrons. The van der Waals surface area contributed by atoms with Crippen molar-refractivity contribution in [1.82, 2.24) is 0 Å². The van der Waals surface area contributed by atoms with Crippen LogP contribution < -0.4 is 0 Å². The summed E-state index contributed by atoms with van der Waals surface area (Å²) in [6.07, 6.45) is 4.27. The van der Waals surface area contributed by atoms with Gasteiger partial charge in [0.2, 0.25) is 0 Å². The molecule has 0 spiro atoms. The van der Waals surface area contributed by atoms with Crippen molar-refractivity contribution in [2.24, 2.45) is 5.11 Å². The Morgan fingerprint density at radius 3 is 2.70 bits per heavy atom. The highest BCUT2D eigenvalue weighted by Gasteiger charge is 2.21. The number of rotatable bonds is 1. The van der Waals surface area contributed by atoms with Gasteiger partial charge in [-0.1, -0.05) is 18.0 Å². The molecule has 0 radical (unpaired) electrons. The van der Waals surface area contributed by atoms with E-state index in [2.05, 4.69) is 10.0 Å². The quantitative estimate of drug-likeness (QED) is 0.245. The Labute approximate surface area is 65.0 Å². The normalized spacial score (nSPS) is 32.9. The molecule has 0 aromatic carbocycles. The van der Waals surface area contributed by atoms with E-state index in [9.17, 15) is 0 Å². The van der Waals surface area contributed by atoms with Gasteiger partial charge in [-0.3, -0.25) is 0 Å². The number of alkyl halides is 1. The van der Waals surface area contributed by atoms with Crippen molar-refractivity contribution < 1.29 is 0 Å². The lowest BCUT2D eigenvalue weighted by atomic mass is 9.96. The van der Waals surface area contributed by atoms with Crippen LogP contribution in [0.3, 0.4) is 0 Å². The number of halogens is 1. The van der Waals surface area contributed by atoms with Crippen LogP contribution >= 0.6 is 11.6 Å². The lowest BCUT2D eigenvalue weighted by Crippen LogP contribution is -2.22. The van der Waals surface area contributed by atoms with Crippen LogP contribution in [0.15, 0.2) is 5.11 Å². The van der Waals surface area contributed by atoms with E-state index >= 15 is 0 Å². The van der Waals surface area contributed by atoms with Crippen LogP contribution in [0, 0.1) is 0 Å². The Morgan fingerprint density at radius 1 is 1.40 bits per heavy atom. The van der Waals surface area contributed by atoms with Gasteiger partial charge in [0.1, 0.15) is 0 Å². The van der Waals surface area contributed by atoms with Crippen molar-refractivity contribution in [3.8, 4) is 0 Å². The van der Waals surface area contributed by atoms with Gasteiger partial charge in [-0.2, -0.15) is 0 Å². The van der Waals surface area contributed by atoms with Gasteiger partial charge in [-0.05, 0) is 18.4 Å². The molecule has 0 aliphatic heterocycles. The summed E-state index contributed by atoms with van der Waals surface area (Å²) < 4.78 is 0. The first kappa shape index (κ1) is 7.70. The smallest absolute Gasteiger partial charge is 0.0537 e. The Hall–Kier alpha value is -0.400. The van der Waals surface area contributed by atoms with Crippen molar-refractivity contribution in [3.63, 3.8) is 0 Å². The fourth-order valence-corrected chi connectivity index (χ4v) is 1.59. The minimum atomic E-state index is 0.0421. The molecular formula is C6H10ClN3. The summed E-state index contributed by atoms with van der Waals surface area (Å²) in [6, 6.07) is 0.0421. The molecule has 0 N–H and O–H groups in total. The molecule has 0 unspecified atom stereocenters. The average Bonchev–Trinajstić information content (AvgIpc) is 1.94. The van der Waals surface area contributed by atoms with Gasteiger partial charge >= 0.3 is 0 Å². The highest BCUT2D eigenvalue weighted by molar-refractivity contribution is 6.21. The maximum absolute atomic E-state index is 8.14. The molecule has 1 aliphatic carbocycles. The number of hydrogen-bond donors (Lipinski definition) is 0. The fraction of sp³-hybridized carbons (Fsp3) is 1.00. The summed E-state index contributed by atoms with van der Waals surface area (Å²) in [6.45, 7) is 0. The van der Waals surface area contributed by atoms with E-state index in [4.69, 9.17) is 17.1 Å². The second-order valence-corrected chi connectivity index (χ2v) is 3.13. The van der Waals surface area contributed by atoms with Crippen molar-refractivity contribution in [2.75, 3.05) is 0 Å². The predicted octanol–water partition coefficient (Wildman–Crippen LogP) is 2.85. The fourth-order valence-electron chi connectivity index (χ4n) is 1.26. The van der Waals surface area contributed by atoms with Crippen LogP contribution in [0.25, 0.3) is 10.4 Å². The first-order valence-electron chi connectivity index (χ1n) is 3.53. The number of azide groups is 1. The molecule has 0 aromatic heterocycles. The van der Waals surface area contributed by atoms with Crippen LogP contribution in [-0.2, 0) is 0 Å². The van der Waals surface area contributed by atoms with E-state index < -0.39 is 0 Å². The van der Waals surface area contributed by atoms with Gasteiger partial charge in [-0.15, -0.1) is 11.6 Å². The second-order valence-electron chi connectivity index (χ2n) is 2.57. The summed E-state index contributed by atoms with van der Waals surface area (Å²) in [4.78, 5) is 2.75. The molecule has 0 amide bonds. The molecule has 4 heteroatoms. The molecule has 1 saturated carbocycles. The lowest BCUT2D eigenvalue weighted by Gasteiger charge is -2.22. The maximum atomic E-state index is 8.14. The Bertz CT molecular complexity index is 153. The molecule has 10 heavy (non-hydrogen) atoms. The predicted molar refractivity (Wildman–Crippen MR) is 41.0 cm³/mol. The summed E-state index contributed by atoms with van der Waals surface area (Å²) >= 11 is 5.90. The molecule has 0 aromatic rings. The van der Waals surface area contributed by atoms with Crippen LogP contribution in [-0.4, -0.2) is 11.4 Å². The van der Waals surface area contributed by atoms with Crippen LogP contribution in [0.4, 0.5) is 0 Å². The van der Waals surface area contributed by atoms with Gasteiger partial charge in [0.15, 0.2) is 0 Å². The van der Waals surface area contributed by atoms with Crippen molar-refractivity contribution in [1.29, 1.82) is 0 Å². The molecule has 1 aliphatic rings. The van der Waals surface area contributed by atoms with E-state index in [1.54, 1.807) is 0 Å². The maximum Gasteiger partial charge on any atom is 0.0537 e. The summed E-state index contributed by atoms with van der Waals surface area (Å²) in [7, 11) is 0. The zero-order valence-electron chi connectivity index (χ0n) is 5.70. The van der Waals surface area contributed by atoms with Crippen molar-refractivity contribution >= 4 is 11.6 Å². The highest BCUT2D eigenvalue weighted by Crippen LogP contribution is 2.25. The third-order valence-electron chi connectivity index (χ3n) is 1.85. The van der Waals surface area contributed by atoms with Gasteiger partial charge in [0.25, 0.3) is 0 Å². The van der Waals surface area contributed by atoms with Gasteiger partial charge < -0.3 is 0 Å². The molecular weight excluding hydrogens is 150 g/mol. The van der Waals surface area contributed by atoms with E-state index in [0.717, 1.165) is 19.3 Å². The lowest BCUT2D eigenvalue weighted by molar-refractivity contribution is 0.447. The first-order valence-corrected chi connectivity index (χ1v) is 3.96. The minimum absolute atomic E-state index is 0.0421. The van der Waals surface area contributed by atoms with Gasteiger partial charge in [0.05, 0.1) is 6.04 Å². The largest absolute Gasteiger partial charge is 0.123 e. The van der Waals surface area contributed by atoms with E-state index in [0.29, 0.717) is 0 Å². The Balaban J connectivity index is 2.47. The minimum Gasteiger partial charge on any atom is -0.123 e. The summed E-state index contributed by atoms with van der Waals surface area (Å²) in [5.74, 6) is 0. The number of nitrogens with zero attached hydrogens (tertiary/aromatic N) is 3. The third-order valence-corrected chi connectivity index (χ3v) is 2.36. The first-order chi connectivity index (χ1) is 4.84. The molecule has 0 heterocycles. The van der Waals surface area contributed by atoms with Crippen LogP contribution in [0.5, 0.6) is 0 Å². The van der Waals surface area contributed by atoms with Crippen LogP contribution in [0.2, 0.25) is 0 Å². The standard InChI is InChI=1S/C6H10ClN3/c7-5-3-1-2-4-6(5)9-10-8/h5-6H,1-4H2/t5-,6+/m0/s1. The SMILES string of the molecule is [N-]=[N+]=N[C@@H]1CCCC[C@@H]1Cl. The topological polar surface area (TPSA) is 48.8 Å². The second kappa shape index (κ2) is 3.69. The Kier molecular flexibility index (Phi) is 2.84. The molecule has 0 bridgehead atoms. The van der Waals surface area contributed by atoms with Gasteiger partial charge in [-0.25, -0.2) is 0 Å². The molecule has 3 nitrogen and oxygen atoms in total. The monoisotopic (exact) mass is 159 g/mol. The zero-order valence-corrected chi connectivity index (χ0v) is 6.46. The van der Waals surface area contributed by atoms with E-state index in [1.165, 1.54) is 6.42 Å². The van der Waals surface area contributed by atoms with E-state index in [-0.39, 0.29) is 11.4 Å². The van der Waals surface area contributed by atoms with Crippen molar-refractivity contribution in [2.45, 2.75) is 37.1 Å². The van der Waals surface area contributed by atoms with E-state index in [1.807, 2.05) is 0 Å². The summed E-state index contributed by atoms with van der Waals surface area (Å²) in [5, 5.41) is 3.69. The molecule has 1 fully saturated rings. The molecule has 0 saturated heterocycles. The van der Waals surface area contributed by atoms with Crippen molar-refractivity contribution in [3.05, 3.63) is 10.4 Å². The third kappa shape index (κ3) is 1.79. The highest BCUT2D eigenvalue weighted by atomic mass is 35.5. The van der Waals surface area contributed by atoms with Crippen LogP contribution in [0.1, 0.15) is 25.7 Å². The molecule has 2 atom stereocenters. The van der Waals surface area contributed by atoms with Gasteiger partial charge in [0, 0.05) is 10.3 Å². The number of hydrogen-bond acceptors (Lipinski definition) is 1. The Morgan fingerprint density at radius 2 is 2.10 bits per heavy atom. The average molecular weight is 160 g/mol.